The van der Waals surface area contributed by atoms with Crippen LogP contribution in [-0.4, -0.2) is 31.8 Å². The molecule has 1 aromatic heterocycles. The second-order valence-electron chi connectivity index (χ2n) is 7.91. The summed E-state index contributed by atoms with van der Waals surface area (Å²) in [4.78, 5) is 10.3. The van der Waals surface area contributed by atoms with Gasteiger partial charge in [-0.3, -0.25) is 9.71 Å². The zero-order valence-electron chi connectivity index (χ0n) is 19.3. The molecule has 4 rings (SSSR count). The minimum absolute atomic E-state index is 0.00649. The van der Waals surface area contributed by atoms with E-state index >= 15 is 0 Å². The minimum atomic E-state index is -4.74. The van der Waals surface area contributed by atoms with Crippen molar-refractivity contribution in [3.63, 3.8) is 0 Å². The number of nitrogens with one attached hydrogen (secondary N) is 1. The number of hydrogen-bond donors (Lipinski definition) is 1. The Balaban J connectivity index is 1.48. The fraction of sp³-hybridized carbons (Fsp3) is 0.120. The quantitative estimate of drug-likeness (QED) is 0.285. The molecule has 0 aliphatic heterocycles. The summed E-state index contributed by atoms with van der Waals surface area (Å²) >= 11 is 5.93. The maximum atomic E-state index is 12.8. The number of sulfonamides is 1. The molecule has 192 valence electrons. The van der Waals surface area contributed by atoms with E-state index in [2.05, 4.69) is 19.4 Å². The summed E-state index contributed by atoms with van der Waals surface area (Å²) in [5.41, 5.74) is 2.59. The molecular weight excluding hydrogens is 529 g/mol. The topological polar surface area (TPSA) is 84.4 Å². The molecule has 0 amide bonds. The maximum Gasteiger partial charge on any atom is 0.573 e. The number of anilines is 2. The van der Waals surface area contributed by atoms with E-state index in [1.165, 1.54) is 54.9 Å². The van der Waals surface area contributed by atoms with Crippen LogP contribution in [0.15, 0.2) is 90.1 Å². The summed E-state index contributed by atoms with van der Waals surface area (Å²) in [5, 5.41) is 0.286. The van der Waals surface area contributed by atoms with Gasteiger partial charge in [0.15, 0.2) is 5.82 Å². The maximum absolute atomic E-state index is 12.8. The van der Waals surface area contributed by atoms with Gasteiger partial charge >= 0.3 is 6.36 Å². The van der Waals surface area contributed by atoms with Gasteiger partial charge in [0.2, 0.25) is 0 Å². The molecular formula is C25H20ClF3N4O3S. The third-order valence-corrected chi connectivity index (χ3v) is 6.77. The SMILES string of the molecule is CN(Cc1ccc(-c2nccnc2NS(=O)(=O)c2cccc(Cl)c2)cc1)c1ccc(OC(F)(F)F)cc1. The van der Waals surface area contributed by atoms with Gasteiger partial charge < -0.3 is 9.64 Å². The first-order valence-electron chi connectivity index (χ1n) is 10.8. The fourth-order valence-electron chi connectivity index (χ4n) is 3.48. The highest BCUT2D eigenvalue weighted by Crippen LogP contribution is 2.28. The number of rotatable bonds is 8. The molecule has 3 aromatic carbocycles. The van der Waals surface area contributed by atoms with Crippen molar-refractivity contribution in [2.45, 2.75) is 17.8 Å². The van der Waals surface area contributed by atoms with Crippen LogP contribution in [0.25, 0.3) is 11.3 Å². The number of hydrogen-bond acceptors (Lipinski definition) is 6. The van der Waals surface area contributed by atoms with E-state index in [9.17, 15) is 21.6 Å². The first-order valence-corrected chi connectivity index (χ1v) is 12.6. The van der Waals surface area contributed by atoms with Gasteiger partial charge in [0.1, 0.15) is 11.4 Å². The number of halogens is 4. The minimum Gasteiger partial charge on any atom is -0.406 e. The predicted octanol–water partition coefficient (Wildman–Crippen LogP) is 6.13. The summed E-state index contributed by atoms with van der Waals surface area (Å²) in [6.45, 7) is 0.467. The van der Waals surface area contributed by atoms with Crippen LogP contribution in [-0.2, 0) is 16.6 Å². The van der Waals surface area contributed by atoms with Crippen LogP contribution in [0.5, 0.6) is 5.75 Å². The van der Waals surface area contributed by atoms with Crippen molar-refractivity contribution in [3.05, 3.63) is 95.8 Å². The molecule has 0 spiro atoms. The van der Waals surface area contributed by atoms with Crippen molar-refractivity contribution in [2.24, 2.45) is 0 Å². The molecule has 0 atom stereocenters. The van der Waals surface area contributed by atoms with E-state index in [0.717, 1.165) is 5.56 Å². The van der Waals surface area contributed by atoms with Crippen LogP contribution in [0.2, 0.25) is 5.02 Å². The molecule has 1 heterocycles. The number of ether oxygens (including phenoxy) is 1. The van der Waals surface area contributed by atoms with E-state index < -0.39 is 16.4 Å². The van der Waals surface area contributed by atoms with E-state index in [1.54, 1.807) is 25.2 Å². The Morgan fingerprint density at radius 3 is 2.30 bits per heavy atom. The van der Waals surface area contributed by atoms with Crippen molar-refractivity contribution in [1.29, 1.82) is 0 Å². The molecule has 0 fully saturated rings. The lowest BCUT2D eigenvalue weighted by atomic mass is 10.1. The largest absolute Gasteiger partial charge is 0.573 e. The number of benzene rings is 3. The van der Waals surface area contributed by atoms with Crippen molar-refractivity contribution in [3.8, 4) is 17.0 Å². The molecule has 1 N–H and O–H groups in total. The fourth-order valence-corrected chi connectivity index (χ4v) is 4.80. The highest BCUT2D eigenvalue weighted by molar-refractivity contribution is 7.92. The second-order valence-corrected chi connectivity index (χ2v) is 10.0. The van der Waals surface area contributed by atoms with E-state index in [-0.39, 0.29) is 21.5 Å². The van der Waals surface area contributed by atoms with Gasteiger partial charge in [-0.25, -0.2) is 13.4 Å². The molecule has 7 nitrogen and oxygen atoms in total. The Bertz CT molecular complexity index is 1480. The first kappa shape index (κ1) is 26.2. The highest BCUT2D eigenvalue weighted by atomic mass is 35.5. The Labute approximate surface area is 216 Å². The molecule has 0 unspecified atom stereocenters. The molecule has 4 aromatic rings. The van der Waals surface area contributed by atoms with Gasteiger partial charge in [-0.05, 0) is 48.0 Å². The third kappa shape index (κ3) is 6.89. The average molecular weight is 549 g/mol. The molecule has 0 bridgehead atoms. The zero-order valence-corrected chi connectivity index (χ0v) is 20.8. The molecule has 0 aliphatic carbocycles. The first-order chi connectivity index (χ1) is 17.5. The Morgan fingerprint density at radius 2 is 1.65 bits per heavy atom. The Hall–Kier alpha value is -3.83. The molecule has 0 radical (unpaired) electrons. The van der Waals surface area contributed by atoms with Gasteiger partial charge in [-0.15, -0.1) is 13.2 Å². The summed E-state index contributed by atoms with van der Waals surface area (Å²) in [7, 11) is -2.14. The van der Waals surface area contributed by atoms with Crippen LogP contribution in [0.3, 0.4) is 0 Å². The molecule has 0 saturated carbocycles. The molecule has 12 heteroatoms. The van der Waals surface area contributed by atoms with E-state index in [0.29, 0.717) is 23.5 Å². The highest BCUT2D eigenvalue weighted by Gasteiger charge is 2.31. The smallest absolute Gasteiger partial charge is 0.406 e. The van der Waals surface area contributed by atoms with Gasteiger partial charge in [-0.1, -0.05) is 41.9 Å². The third-order valence-electron chi connectivity index (χ3n) is 5.19. The number of alkyl halides is 3. The van der Waals surface area contributed by atoms with Gasteiger partial charge in [0, 0.05) is 42.3 Å². The lowest BCUT2D eigenvalue weighted by molar-refractivity contribution is -0.274. The van der Waals surface area contributed by atoms with Gasteiger partial charge in [-0.2, -0.15) is 0 Å². The van der Waals surface area contributed by atoms with Crippen LogP contribution < -0.4 is 14.4 Å². The summed E-state index contributed by atoms with van der Waals surface area (Å²) < 4.78 is 69.1. The Kier molecular flexibility index (Phi) is 7.55. The van der Waals surface area contributed by atoms with Crippen molar-refractivity contribution >= 4 is 33.1 Å². The average Bonchev–Trinajstić information content (AvgIpc) is 2.84. The summed E-state index contributed by atoms with van der Waals surface area (Å²) in [5.74, 6) is -0.228. The summed E-state index contributed by atoms with van der Waals surface area (Å²) in [6.07, 6.45) is -1.90. The van der Waals surface area contributed by atoms with E-state index in [1.807, 2.05) is 17.0 Å². The monoisotopic (exact) mass is 548 g/mol. The van der Waals surface area contributed by atoms with Crippen molar-refractivity contribution < 1.29 is 26.3 Å². The lowest BCUT2D eigenvalue weighted by Crippen LogP contribution is -2.18. The Morgan fingerprint density at radius 1 is 0.973 bits per heavy atom. The van der Waals surface area contributed by atoms with Crippen LogP contribution in [0, 0.1) is 0 Å². The molecule has 37 heavy (non-hydrogen) atoms. The molecule has 0 aliphatic rings. The van der Waals surface area contributed by atoms with Gasteiger partial charge in [0.05, 0.1) is 4.90 Å². The van der Waals surface area contributed by atoms with Crippen LogP contribution in [0.1, 0.15) is 5.56 Å². The van der Waals surface area contributed by atoms with Crippen LogP contribution in [0.4, 0.5) is 24.7 Å². The molecule has 0 saturated heterocycles. The normalized spacial score (nSPS) is 11.7. The number of nitrogens with zero attached hydrogens (tertiary/aromatic N) is 3. The van der Waals surface area contributed by atoms with E-state index in [4.69, 9.17) is 11.6 Å². The summed E-state index contributed by atoms with van der Waals surface area (Å²) in [6, 6.07) is 18.7. The van der Waals surface area contributed by atoms with Gasteiger partial charge in [0.25, 0.3) is 10.0 Å². The predicted molar refractivity (Wildman–Crippen MR) is 135 cm³/mol. The van der Waals surface area contributed by atoms with Crippen molar-refractivity contribution in [2.75, 3.05) is 16.7 Å². The van der Waals surface area contributed by atoms with Crippen LogP contribution >= 0.6 is 11.6 Å². The lowest BCUT2D eigenvalue weighted by Gasteiger charge is -2.20. The standard InChI is InChI=1S/C25H20ClF3N4O3S/c1-33(20-9-11-21(12-10-20)36-25(27,28)29)16-17-5-7-18(8-6-17)23-24(31-14-13-30-23)32-37(34,35)22-4-2-3-19(26)15-22/h2-15H,16H2,1H3,(H,31,32). The zero-order chi connectivity index (χ0) is 26.6. The van der Waals surface area contributed by atoms with Crippen molar-refractivity contribution in [1.82, 2.24) is 9.97 Å². The number of aromatic nitrogens is 2. The second kappa shape index (κ2) is 10.7.